The number of ketones is 1. The molecule has 1 aromatic carbocycles. The number of carbonyl (C=O) groups is 1. The Hall–Kier alpha value is -1.52. The Balaban J connectivity index is 1.88. The predicted octanol–water partition coefficient (Wildman–Crippen LogP) is 3.50. The van der Waals surface area contributed by atoms with Gasteiger partial charge >= 0.3 is 6.36 Å². The van der Waals surface area contributed by atoms with Gasteiger partial charge in [-0.3, -0.25) is 4.79 Å². The molecule has 1 aliphatic rings. The Labute approximate surface area is 103 Å². The number of benzene rings is 1. The summed E-state index contributed by atoms with van der Waals surface area (Å²) >= 11 is 0. The van der Waals surface area contributed by atoms with E-state index in [9.17, 15) is 18.0 Å². The van der Waals surface area contributed by atoms with E-state index in [2.05, 4.69) is 4.74 Å². The molecular weight excluding hydrogens is 245 g/mol. The van der Waals surface area contributed by atoms with Crippen molar-refractivity contribution in [3.63, 3.8) is 0 Å². The number of alkyl halides is 3. The second-order valence-electron chi connectivity index (χ2n) is 4.55. The highest BCUT2D eigenvalue weighted by Crippen LogP contribution is 2.33. The van der Waals surface area contributed by atoms with Crippen molar-refractivity contribution in [2.45, 2.75) is 32.0 Å². The van der Waals surface area contributed by atoms with Gasteiger partial charge in [0.05, 0.1) is 0 Å². The molecule has 1 aromatic rings. The lowest BCUT2D eigenvalue weighted by Gasteiger charge is -2.09. The summed E-state index contributed by atoms with van der Waals surface area (Å²) in [5.74, 6) is 0.410. The molecule has 0 N–H and O–H groups in total. The van der Waals surface area contributed by atoms with Crippen LogP contribution in [0.5, 0.6) is 5.75 Å². The molecule has 0 saturated heterocycles. The molecule has 0 heterocycles. The summed E-state index contributed by atoms with van der Waals surface area (Å²) in [5.41, 5.74) is 0.718. The molecule has 18 heavy (non-hydrogen) atoms. The van der Waals surface area contributed by atoms with Gasteiger partial charge in [-0.2, -0.15) is 0 Å². The number of hydrogen-bond donors (Lipinski definition) is 0. The summed E-state index contributed by atoms with van der Waals surface area (Å²) < 4.78 is 39.5. The van der Waals surface area contributed by atoms with Crippen LogP contribution in [0.3, 0.4) is 0 Å². The molecule has 0 unspecified atom stereocenters. The molecule has 0 bridgehead atoms. The van der Waals surface area contributed by atoms with Crippen LogP contribution in [0.25, 0.3) is 0 Å². The molecule has 0 amide bonds. The van der Waals surface area contributed by atoms with Crippen LogP contribution >= 0.6 is 0 Å². The highest BCUT2D eigenvalue weighted by Gasteiger charge is 2.31. The molecule has 1 aliphatic carbocycles. The Bertz CT molecular complexity index is 419. The minimum absolute atomic E-state index is 0.141. The molecule has 2 rings (SSSR count). The van der Waals surface area contributed by atoms with Crippen molar-refractivity contribution < 1.29 is 22.7 Å². The first kappa shape index (κ1) is 12.9. The Morgan fingerprint density at radius 2 is 1.83 bits per heavy atom. The lowest BCUT2D eigenvalue weighted by Crippen LogP contribution is -2.17. The van der Waals surface area contributed by atoms with Crippen LogP contribution in [0.4, 0.5) is 13.2 Å². The average Bonchev–Trinajstić information content (AvgIpc) is 3.02. The standard InChI is InChI=1S/C13H13F3O2/c14-13(15,16)18-12-5-3-10(4-6-12)8-11(17)7-9-1-2-9/h3-6,9H,1-2,7-8H2. The van der Waals surface area contributed by atoms with Gasteiger partial charge in [-0.15, -0.1) is 13.2 Å². The lowest BCUT2D eigenvalue weighted by atomic mass is 10.1. The zero-order valence-electron chi connectivity index (χ0n) is 9.67. The maximum absolute atomic E-state index is 11.9. The Morgan fingerprint density at radius 1 is 1.22 bits per heavy atom. The van der Waals surface area contributed by atoms with Gasteiger partial charge in [0, 0.05) is 12.8 Å². The number of ether oxygens (including phenoxy) is 1. The van der Waals surface area contributed by atoms with Crippen molar-refractivity contribution in [2.75, 3.05) is 0 Å². The molecule has 0 spiro atoms. The minimum atomic E-state index is -4.68. The van der Waals surface area contributed by atoms with Crippen LogP contribution in [-0.2, 0) is 11.2 Å². The van der Waals surface area contributed by atoms with Gasteiger partial charge in [0.15, 0.2) is 0 Å². The maximum Gasteiger partial charge on any atom is 0.573 e. The van der Waals surface area contributed by atoms with Crippen LogP contribution in [0.1, 0.15) is 24.8 Å². The summed E-state index contributed by atoms with van der Waals surface area (Å²) in [6, 6.07) is 5.44. The first-order valence-electron chi connectivity index (χ1n) is 5.79. The van der Waals surface area contributed by atoms with Crippen LogP contribution in [0.15, 0.2) is 24.3 Å². The normalized spacial score (nSPS) is 15.5. The van der Waals surface area contributed by atoms with E-state index in [1.165, 1.54) is 24.3 Å². The smallest absolute Gasteiger partial charge is 0.406 e. The van der Waals surface area contributed by atoms with E-state index in [-0.39, 0.29) is 18.0 Å². The first-order chi connectivity index (χ1) is 8.42. The molecule has 0 aromatic heterocycles. The quantitative estimate of drug-likeness (QED) is 0.808. The number of carbonyl (C=O) groups excluding carboxylic acids is 1. The van der Waals surface area contributed by atoms with Gasteiger partial charge in [-0.05, 0) is 36.5 Å². The molecule has 2 nitrogen and oxygen atoms in total. The average molecular weight is 258 g/mol. The van der Waals surface area contributed by atoms with Crippen LogP contribution in [-0.4, -0.2) is 12.1 Å². The fraction of sp³-hybridized carbons (Fsp3) is 0.462. The van der Waals surface area contributed by atoms with Crippen molar-refractivity contribution in [3.05, 3.63) is 29.8 Å². The molecule has 0 aliphatic heterocycles. The number of Topliss-reactive ketones (excluding diaryl/α,β-unsaturated/α-hetero) is 1. The maximum atomic E-state index is 11.9. The molecule has 5 heteroatoms. The summed E-state index contributed by atoms with van der Waals surface area (Å²) in [5, 5.41) is 0. The van der Waals surface area contributed by atoms with Crippen molar-refractivity contribution in [3.8, 4) is 5.75 Å². The molecule has 1 saturated carbocycles. The van der Waals surface area contributed by atoms with E-state index in [1.807, 2.05) is 0 Å². The van der Waals surface area contributed by atoms with Crippen molar-refractivity contribution in [1.29, 1.82) is 0 Å². The molecule has 0 atom stereocenters. The number of hydrogen-bond acceptors (Lipinski definition) is 2. The van der Waals surface area contributed by atoms with Gasteiger partial charge < -0.3 is 4.74 Å². The van der Waals surface area contributed by atoms with Gasteiger partial charge in [-0.25, -0.2) is 0 Å². The second-order valence-corrected chi connectivity index (χ2v) is 4.55. The van der Waals surface area contributed by atoms with E-state index < -0.39 is 6.36 Å². The third kappa shape index (κ3) is 4.39. The highest BCUT2D eigenvalue weighted by molar-refractivity contribution is 5.81. The first-order valence-corrected chi connectivity index (χ1v) is 5.79. The number of rotatable bonds is 5. The third-order valence-electron chi connectivity index (χ3n) is 2.77. The van der Waals surface area contributed by atoms with Gasteiger partial charge in [0.1, 0.15) is 11.5 Å². The van der Waals surface area contributed by atoms with Crippen molar-refractivity contribution in [1.82, 2.24) is 0 Å². The topological polar surface area (TPSA) is 26.3 Å². The van der Waals surface area contributed by atoms with Crippen molar-refractivity contribution >= 4 is 5.78 Å². The molecule has 1 fully saturated rings. The SMILES string of the molecule is O=C(Cc1ccc(OC(F)(F)F)cc1)CC1CC1. The second kappa shape index (κ2) is 5.00. The third-order valence-corrected chi connectivity index (χ3v) is 2.77. The zero-order chi connectivity index (χ0) is 13.2. The molecule has 0 radical (unpaired) electrons. The summed E-state index contributed by atoms with van der Waals surface area (Å²) in [6.07, 6.45) is -1.58. The van der Waals surface area contributed by atoms with Crippen LogP contribution < -0.4 is 4.74 Å². The van der Waals surface area contributed by atoms with E-state index >= 15 is 0 Å². The lowest BCUT2D eigenvalue weighted by molar-refractivity contribution is -0.274. The molecule has 98 valence electrons. The van der Waals surface area contributed by atoms with E-state index in [0.29, 0.717) is 12.3 Å². The Morgan fingerprint density at radius 3 is 2.33 bits per heavy atom. The van der Waals surface area contributed by atoms with Crippen LogP contribution in [0.2, 0.25) is 0 Å². The van der Waals surface area contributed by atoms with Gasteiger partial charge in [0.25, 0.3) is 0 Å². The molecular formula is C13H13F3O2. The zero-order valence-corrected chi connectivity index (χ0v) is 9.67. The fourth-order valence-electron chi connectivity index (χ4n) is 1.75. The predicted molar refractivity (Wildman–Crippen MR) is 59.2 cm³/mol. The van der Waals surface area contributed by atoms with Crippen molar-refractivity contribution in [2.24, 2.45) is 5.92 Å². The van der Waals surface area contributed by atoms with E-state index in [0.717, 1.165) is 18.4 Å². The minimum Gasteiger partial charge on any atom is -0.406 e. The number of halogens is 3. The summed E-state index contributed by atoms with van der Waals surface area (Å²) in [7, 11) is 0. The monoisotopic (exact) mass is 258 g/mol. The van der Waals surface area contributed by atoms with Gasteiger partial charge in [-0.1, -0.05) is 12.1 Å². The largest absolute Gasteiger partial charge is 0.573 e. The van der Waals surface area contributed by atoms with Crippen LogP contribution in [0, 0.1) is 5.92 Å². The summed E-state index contributed by atoms with van der Waals surface area (Å²) in [4.78, 5) is 11.6. The highest BCUT2D eigenvalue weighted by atomic mass is 19.4. The Kier molecular flexibility index (Phi) is 3.59. The summed E-state index contributed by atoms with van der Waals surface area (Å²) in [6.45, 7) is 0. The fourth-order valence-corrected chi connectivity index (χ4v) is 1.75. The van der Waals surface area contributed by atoms with E-state index in [4.69, 9.17) is 0 Å². The van der Waals surface area contributed by atoms with E-state index in [1.54, 1.807) is 0 Å². The van der Waals surface area contributed by atoms with Gasteiger partial charge in [0.2, 0.25) is 0 Å².